The Morgan fingerprint density at radius 2 is 2.06 bits per heavy atom. The number of amides is 1. The summed E-state index contributed by atoms with van der Waals surface area (Å²) in [6.45, 7) is 6.01. The monoisotopic (exact) mass is 264 g/mol. The predicted molar refractivity (Wildman–Crippen MR) is 71.3 cm³/mol. The van der Waals surface area contributed by atoms with Crippen LogP contribution in [0.4, 0.5) is 0 Å². The predicted octanol–water partition coefficient (Wildman–Crippen LogP) is 1.47. The molecule has 1 fully saturated rings. The fourth-order valence-corrected chi connectivity index (χ4v) is 2.78. The van der Waals surface area contributed by atoms with Gasteiger partial charge in [0.1, 0.15) is 0 Å². The van der Waals surface area contributed by atoms with Crippen molar-refractivity contribution in [2.24, 2.45) is 11.1 Å². The molecule has 1 saturated carbocycles. The summed E-state index contributed by atoms with van der Waals surface area (Å²) in [6.07, 6.45) is 3.20. The number of rotatable bonds is 5. The molecule has 0 spiro atoms. The van der Waals surface area contributed by atoms with Crippen LogP contribution < -0.4 is 11.1 Å². The lowest BCUT2D eigenvalue weighted by Gasteiger charge is -2.55. The fraction of sp³-hybridized carbons (Fsp3) is 0.917. The van der Waals surface area contributed by atoms with Gasteiger partial charge in [0.25, 0.3) is 0 Å². The molecule has 0 aromatic carbocycles. The van der Waals surface area contributed by atoms with Gasteiger partial charge in [0, 0.05) is 18.6 Å². The molecular weight excluding hydrogens is 240 g/mol. The van der Waals surface area contributed by atoms with E-state index in [1.165, 1.54) is 0 Å². The minimum absolute atomic E-state index is 0. The first-order valence-corrected chi connectivity index (χ1v) is 6.10. The van der Waals surface area contributed by atoms with E-state index in [0.29, 0.717) is 0 Å². The van der Waals surface area contributed by atoms with Gasteiger partial charge in [0.15, 0.2) is 0 Å². The third-order valence-corrected chi connectivity index (χ3v) is 4.12. The average Bonchev–Trinajstić information content (AvgIpc) is 2.25. The van der Waals surface area contributed by atoms with Crippen LogP contribution in [0.5, 0.6) is 0 Å². The van der Waals surface area contributed by atoms with Gasteiger partial charge in [-0.1, -0.05) is 13.8 Å². The van der Waals surface area contributed by atoms with E-state index in [9.17, 15) is 4.79 Å². The molecule has 1 amide bonds. The van der Waals surface area contributed by atoms with Crippen LogP contribution in [0.1, 0.15) is 40.0 Å². The van der Waals surface area contributed by atoms with Crippen molar-refractivity contribution in [1.29, 1.82) is 0 Å². The Hall–Kier alpha value is -0.320. The van der Waals surface area contributed by atoms with Crippen molar-refractivity contribution in [2.75, 3.05) is 7.11 Å². The van der Waals surface area contributed by atoms with Crippen molar-refractivity contribution < 1.29 is 9.53 Å². The fourth-order valence-electron chi connectivity index (χ4n) is 2.78. The van der Waals surface area contributed by atoms with E-state index in [4.69, 9.17) is 10.5 Å². The number of hydrogen-bond donors (Lipinski definition) is 2. The summed E-state index contributed by atoms with van der Waals surface area (Å²) in [5.41, 5.74) is 5.65. The van der Waals surface area contributed by atoms with Gasteiger partial charge in [-0.05, 0) is 26.2 Å². The maximum absolute atomic E-state index is 11.6. The molecular formula is C12H25ClN2O2. The first-order chi connectivity index (χ1) is 7.51. The number of nitrogens with two attached hydrogens (primary N) is 1. The van der Waals surface area contributed by atoms with Gasteiger partial charge in [-0.25, -0.2) is 0 Å². The van der Waals surface area contributed by atoms with E-state index in [1.54, 1.807) is 14.0 Å². The van der Waals surface area contributed by atoms with Crippen LogP contribution in [-0.4, -0.2) is 31.2 Å². The van der Waals surface area contributed by atoms with Crippen molar-refractivity contribution in [1.82, 2.24) is 5.32 Å². The molecule has 5 heteroatoms. The molecule has 102 valence electrons. The highest BCUT2D eigenvalue weighted by molar-refractivity contribution is 5.85. The van der Waals surface area contributed by atoms with Crippen LogP contribution in [0.2, 0.25) is 0 Å². The summed E-state index contributed by atoms with van der Waals surface area (Å²) in [7, 11) is 1.74. The summed E-state index contributed by atoms with van der Waals surface area (Å²) < 4.78 is 5.47. The Morgan fingerprint density at radius 1 is 1.53 bits per heavy atom. The zero-order valence-corrected chi connectivity index (χ0v) is 12.0. The van der Waals surface area contributed by atoms with Crippen molar-refractivity contribution in [2.45, 2.75) is 58.2 Å². The second-order valence-electron chi connectivity index (χ2n) is 4.75. The van der Waals surface area contributed by atoms with Crippen LogP contribution >= 0.6 is 12.4 Å². The Kier molecular flexibility index (Phi) is 6.45. The highest BCUT2D eigenvalue weighted by Crippen LogP contribution is 2.48. The molecule has 1 rings (SSSR count). The molecule has 0 saturated heterocycles. The Balaban J connectivity index is 0.00000256. The second kappa shape index (κ2) is 6.57. The first kappa shape index (κ1) is 16.7. The summed E-state index contributed by atoms with van der Waals surface area (Å²) in [5.74, 6) is -0.0640. The highest BCUT2D eigenvalue weighted by atomic mass is 35.5. The van der Waals surface area contributed by atoms with Crippen LogP contribution in [-0.2, 0) is 9.53 Å². The minimum atomic E-state index is -0.437. The van der Waals surface area contributed by atoms with E-state index in [2.05, 4.69) is 19.2 Å². The lowest BCUT2D eigenvalue weighted by atomic mass is 9.58. The van der Waals surface area contributed by atoms with Gasteiger partial charge in [-0.2, -0.15) is 0 Å². The molecule has 0 aliphatic heterocycles. The van der Waals surface area contributed by atoms with Crippen molar-refractivity contribution >= 4 is 18.3 Å². The van der Waals surface area contributed by atoms with Crippen molar-refractivity contribution in [3.05, 3.63) is 0 Å². The first-order valence-electron chi connectivity index (χ1n) is 6.10. The molecule has 1 aliphatic carbocycles. The average molecular weight is 265 g/mol. The van der Waals surface area contributed by atoms with E-state index in [0.717, 1.165) is 19.3 Å². The Labute approximate surface area is 110 Å². The maximum atomic E-state index is 11.6. The third-order valence-electron chi connectivity index (χ3n) is 4.12. The van der Waals surface area contributed by atoms with Crippen LogP contribution in [0.15, 0.2) is 0 Å². The molecule has 2 unspecified atom stereocenters. The van der Waals surface area contributed by atoms with Crippen LogP contribution in [0.3, 0.4) is 0 Å². The molecule has 0 aromatic rings. The van der Waals surface area contributed by atoms with Gasteiger partial charge in [-0.15, -0.1) is 12.4 Å². The number of halogens is 1. The summed E-state index contributed by atoms with van der Waals surface area (Å²) in [6, 6.07) is -0.223. The molecule has 3 atom stereocenters. The van der Waals surface area contributed by atoms with E-state index in [1.807, 2.05) is 0 Å². The summed E-state index contributed by atoms with van der Waals surface area (Å²) in [5, 5.41) is 3.03. The summed E-state index contributed by atoms with van der Waals surface area (Å²) >= 11 is 0. The topological polar surface area (TPSA) is 64.4 Å². The lowest BCUT2D eigenvalue weighted by molar-refractivity contribution is -0.141. The molecule has 3 N–H and O–H groups in total. The summed E-state index contributed by atoms with van der Waals surface area (Å²) in [4.78, 5) is 11.6. The van der Waals surface area contributed by atoms with Crippen molar-refractivity contribution in [3.63, 3.8) is 0 Å². The van der Waals surface area contributed by atoms with E-state index >= 15 is 0 Å². The molecule has 0 radical (unpaired) electrons. The number of carbonyl (C=O) groups excluding carboxylic acids is 1. The molecule has 1 aliphatic rings. The zero-order chi connectivity index (χ0) is 12.3. The smallest absolute Gasteiger partial charge is 0.236 e. The number of carbonyl (C=O) groups is 1. The third kappa shape index (κ3) is 2.92. The molecule has 4 nitrogen and oxygen atoms in total. The number of hydrogen-bond acceptors (Lipinski definition) is 3. The van der Waals surface area contributed by atoms with Gasteiger partial charge < -0.3 is 15.8 Å². The van der Waals surface area contributed by atoms with Gasteiger partial charge in [-0.3, -0.25) is 4.79 Å². The highest BCUT2D eigenvalue weighted by Gasteiger charge is 2.53. The van der Waals surface area contributed by atoms with Crippen LogP contribution in [0, 0.1) is 5.41 Å². The number of ether oxygens (including phenoxy) is 1. The van der Waals surface area contributed by atoms with Crippen molar-refractivity contribution in [3.8, 4) is 0 Å². The lowest BCUT2D eigenvalue weighted by Crippen LogP contribution is -2.65. The normalized spacial score (nSPS) is 27.6. The Morgan fingerprint density at radius 3 is 2.41 bits per heavy atom. The zero-order valence-electron chi connectivity index (χ0n) is 11.2. The van der Waals surface area contributed by atoms with E-state index < -0.39 is 6.04 Å². The van der Waals surface area contributed by atoms with Crippen LogP contribution in [0.25, 0.3) is 0 Å². The largest absolute Gasteiger partial charge is 0.381 e. The molecule has 0 bridgehead atoms. The molecule has 17 heavy (non-hydrogen) atoms. The van der Waals surface area contributed by atoms with Gasteiger partial charge >= 0.3 is 0 Å². The van der Waals surface area contributed by atoms with E-state index in [-0.39, 0.29) is 35.9 Å². The SMILES string of the molecule is CCC1(CC)C(NC(=O)[C@@H](C)N)CC1OC.Cl. The van der Waals surface area contributed by atoms with Gasteiger partial charge in [0.2, 0.25) is 5.91 Å². The number of nitrogens with one attached hydrogen (secondary N) is 1. The second-order valence-corrected chi connectivity index (χ2v) is 4.75. The standard InChI is InChI=1S/C12H24N2O2.ClH/c1-5-12(6-2)9(7-10(12)16-4)14-11(15)8(3)13;/h8-10H,5-7,13H2,1-4H3,(H,14,15);1H/t8-,9?,10?;/m1./s1. The molecule has 0 heterocycles. The number of methoxy groups -OCH3 is 1. The molecule has 0 aromatic heterocycles. The van der Waals surface area contributed by atoms with Gasteiger partial charge in [0.05, 0.1) is 12.1 Å². The Bertz CT molecular complexity index is 255. The quantitative estimate of drug-likeness (QED) is 0.790. The maximum Gasteiger partial charge on any atom is 0.236 e. The minimum Gasteiger partial charge on any atom is -0.381 e.